The second-order valence-corrected chi connectivity index (χ2v) is 7.06. The van der Waals surface area contributed by atoms with Crippen LogP contribution >= 0.6 is 23.2 Å². The fourth-order valence-electron chi connectivity index (χ4n) is 2.50. The zero-order valence-electron chi connectivity index (χ0n) is 15.3. The van der Waals surface area contributed by atoms with E-state index in [0.717, 1.165) is 0 Å². The molecule has 10 heteroatoms. The van der Waals surface area contributed by atoms with E-state index in [-0.39, 0.29) is 26.9 Å². The van der Waals surface area contributed by atoms with Crippen molar-refractivity contribution in [1.29, 1.82) is 0 Å². The number of ether oxygens (including phenoxy) is 1. The van der Waals surface area contributed by atoms with Gasteiger partial charge in [0.1, 0.15) is 11.8 Å². The Morgan fingerprint density at radius 2 is 1.86 bits per heavy atom. The molecule has 0 saturated carbocycles. The number of aliphatic carboxylic acids is 1. The van der Waals surface area contributed by atoms with E-state index in [1.807, 2.05) is 0 Å². The normalized spacial score (nSPS) is 11.9. The molecule has 0 saturated heterocycles. The first-order valence-electron chi connectivity index (χ1n) is 8.33. The maximum atomic E-state index is 12.2. The van der Waals surface area contributed by atoms with Crippen molar-refractivity contribution in [2.45, 2.75) is 13.0 Å². The van der Waals surface area contributed by atoms with Crippen LogP contribution in [0.2, 0.25) is 10.0 Å². The highest BCUT2D eigenvalue weighted by Gasteiger charge is 2.19. The van der Waals surface area contributed by atoms with Gasteiger partial charge in [-0.2, -0.15) is 0 Å². The Kier molecular flexibility index (Phi) is 5.76. The number of fused-ring (bicyclic) bond motifs is 1. The molecule has 0 unspecified atom stereocenters. The van der Waals surface area contributed by atoms with Gasteiger partial charge in [0.2, 0.25) is 0 Å². The van der Waals surface area contributed by atoms with Crippen molar-refractivity contribution in [3.05, 3.63) is 62.6 Å². The van der Waals surface area contributed by atoms with Crippen LogP contribution in [-0.2, 0) is 11.8 Å². The monoisotopic (exact) mass is 435 g/mol. The first-order valence-corrected chi connectivity index (χ1v) is 9.09. The third-order valence-electron chi connectivity index (χ3n) is 4.09. The summed E-state index contributed by atoms with van der Waals surface area (Å²) in [6, 6.07) is 6.29. The van der Waals surface area contributed by atoms with E-state index >= 15 is 0 Å². The van der Waals surface area contributed by atoms with Crippen LogP contribution < -0.4 is 15.6 Å². The standard InChI is InChI=1S/C19H15Cl2N3O5/c1-9(19(27)28)23-17(25)10-5-13(20)16(14(21)6-10)29-11-3-4-12-15(7-11)22-8-24(2)18(12)26/h3-9H,1-2H3,(H,23,25)(H,27,28)/t9-/m0/s1. The first-order chi connectivity index (χ1) is 13.7. The summed E-state index contributed by atoms with van der Waals surface area (Å²) in [6.45, 7) is 1.34. The molecule has 1 amide bonds. The molecule has 29 heavy (non-hydrogen) atoms. The Hall–Kier alpha value is -3.10. The molecular weight excluding hydrogens is 421 g/mol. The molecule has 8 nitrogen and oxygen atoms in total. The highest BCUT2D eigenvalue weighted by molar-refractivity contribution is 6.37. The number of nitrogens with zero attached hydrogens (tertiary/aromatic N) is 2. The second kappa shape index (κ2) is 8.10. The molecule has 0 fully saturated rings. The van der Waals surface area contributed by atoms with Gasteiger partial charge in [-0.3, -0.25) is 14.4 Å². The lowest BCUT2D eigenvalue weighted by molar-refractivity contribution is -0.138. The molecule has 0 bridgehead atoms. The van der Waals surface area contributed by atoms with Crippen molar-refractivity contribution >= 4 is 46.0 Å². The van der Waals surface area contributed by atoms with Crippen LogP contribution in [0.5, 0.6) is 11.5 Å². The summed E-state index contributed by atoms with van der Waals surface area (Å²) in [5.41, 5.74) is 0.337. The van der Waals surface area contributed by atoms with Gasteiger partial charge in [-0.05, 0) is 31.2 Å². The number of carbonyl (C=O) groups excluding carboxylic acids is 1. The highest BCUT2D eigenvalue weighted by atomic mass is 35.5. The molecule has 1 heterocycles. The smallest absolute Gasteiger partial charge is 0.325 e. The van der Waals surface area contributed by atoms with Crippen molar-refractivity contribution in [1.82, 2.24) is 14.9 Å². The molecule has 0 radical (unpaired) electrons. The lowest BCUT2D eigenvalue weighted by atomic mass is 10.2. The number of carboxylic acid groups (broad SMARTS) is 1. The van der Waals surface area contributed by atoms with Gasteiger partial charge < -0.3 is 19.7 Å². The molecule has 0 aliphatic carbocycles. The third-order valence-corrected chi connectivity index (χ3v) is 4.65. The number of rotatable bonds is 5. The van der Waals surface area contributed by atoms with E-state index in [2.05, 4.69) is 10.3 Å². The Morgan fingerprint density at radius 1 is 1.21 bits per heavy atom. The third kappa shape index (κ3) is 4.33. The lowest BCUT2D eigenvalue weighted by Gasteiger charge is -2.13. The average Bonchev–Trinajstić information content (AvgIpc) is 2.67. The highest BCUT2D eigenvalue weighted by Crippen LogP contribution is 2.37. The first kappa shape index (κ1) is 20.6. The number of hydrogen-bond donors (Lipinski definition) is 2. The lowest BCUT2D eigenvalue weighted by Crippen LogP contribution is -2.38. The molecule has 2 N–H and O–H groups in total. The number of hydrogen-bond acceptors (Lipinski definition) is 5. The minimum atomic E-state index is -1.17. The van der Waals surface area contributed by atoms with E-state index in [9.17, 15) is 14.4 Å². The fraction of sp³-hybridized carbons (Fsp3) is 0.158. The van der Waals surface area contributed by atoms with Gasteiger partial charge in [-0.15, -0.1) is 0 Å². The topological polar surface area (TPSA) is 111 Å². The van der Waals surface area contributed by atoms with Gasteiger partial charge in [-0.25, -0.2) is 4.98 Å². The Morgan fingerprint density at radius 3 is 2.48 bits per heavy atom. The maximum absolute atomic E-state index is 12.2. The predicted octanol–water partition coefficient (Wildman–Crippen LogP) is 3.24. The number of carboxylic acids is 1. The van der Waals surface area contributed by atoms with Crippen LogP contribution in [0, 0.1) is 0 Å². The molecule has 3 aromatic rings. The number of nitrogens with one attached hydrogen (secondary N) is 1. The summed E-state index contributed by atoms with van der Waals surface area (Å²) in [6.07, 6.45) is 1.40. The van der Waals surface area contributed by atoms with Crippen LogP contribution in [-0.4, -0.2) is 32.6 Å². The minimum Gasteiger partial charge on any atom is -0.480 e. The minimum absolute atomic E-state index is 0.0580. The van der Waals surface area contributed by atoms with Crippen LogP contribution in [0.4, 0.5) is 0 Å². The molecule has 0 spiro atoms. The number of amides is 1. The predicted molar refractivity (Wildman–Crippen MR) is 108 cm³/mol. The summed E-state index contributed by atoms with van der Waals surface area (Å²) < 4.78 is 7.10. The quantitative estimate of drug-likeness (QED) is 0.636. The van der Waals surface area contributed by atoms with Crippen molar-refractivity contribution in [2.24, 2.45) is 7.05 Å². The number of aromatic nitrogens is 2. The fourth-order valence-corrected chi connectivity index (χ4v) is 3.07. The molecule has 2 aromatic carbocycles. The van der Waals surface area contributed by atoms with Crippen molar-refractivity contribution in [3.63, 3.8) is 0 Å². The van der Waals surface area contributed by atoms with Crippen LogP contribution in [0.25, 0.3) is 10.9 Å². The summed E-state index contributed by atoms with van der Waals surface area (Å²) in [4.78, 5) is 39.3. The second-order valence-electron chi connectivity index (χ2n) is 6.24. The Bertz CT molecular complexity index is 1170. The van der Waals surface area contributed by atoms with Crippen LogP contribution in [0.15, 0.2) is 41.5 Å². The molecule has 1 aromatic heterocycles. The molecule has 1 atom stereocenters. The molecule has 3 rings (SSSR count). The van der Waals surface area contributed by atoms with Gasteiger partial charge in [0.25, 0.3) is 11.5 Å². The Labute approximate surface area is 174 Å². The summed E-state index contributed by atoms with van der Waals surface area (Å²) in [5.74, 6) is -1.35. The van der Waals surface area contributed by atoms with E-state index in [4.69, 9.17) is 33.0 Å². The van der Waals surface area contributed by atoms with Gasteiger partial charge >= 0.3 is 5.97 Å². The van der Waals surface area contributed by atoms with Gasteiger partial charge in [-0.1, -0.05) is 23.2 Å². The van der Waals surface area contributed by atoms with Gasteiger partial charge in [0.05, 0.1) is 27.3 Å². The number of halogens is 2. The molecule has 150 valence electrons. The maximum Gasteiger partial charge on any atom is 0.325 e. The molecule has 0 aliphatic heterocycles. The van der Waals surface area contributed by atoms with Crippen LogP contribution in [0.1, 0.15) is 17.3 Å². The molecule has 0 aliphatic rings. The number of benzene rings is 2. The average molecular weight is 436 g/mol. The SMILES string of the molecule is C[C@H](NC(=O)c1cc(Cl)c(Oc2ccc3c(=O)n(C)cnc3c2)c(Cl)c1)C(=O)O. The van der Waals surface area contributed by atoms with Crippen LogP contribution in [0.3, 0.4) is 0 Å². The van der Waals surface area contributed by atoms with E-state index < -0.39 is 17.9 Å². The van der Waals surface area contributed by atoms with Crippen molar-refractivity contribution in [3.8, 4) is 11.5 Å². The van der Waals surface area contributed by atoms with Crippen molar-refractivity contribution in [2.75, 3.05) is 0 Å². The summed E-state index contributed by atoms with van der Waals surface area (Å²) in [7, 11) is 1.60. The van der Waals surface area contributed by atoms with Gasteiger partial charge in [0.15, 0.2) is 5.75 Å². The summed E-state index contributed by atoms with van der Waals surface area (Å²) in [5, 5.41) is 11.7. The van der Waals surface area contributed by atoms with Gasteiger partial charge in [0, 0.05) is 18.7 Å². The zero-order valence-corrected chi connectivity index (χ0v) is 16.8. The zero-order chi connectivity index (χ0) is 21.3. The van der Waals surface area contributed by atoms with Crippen molar-refractivity contribution < 1.29 is 19.4 Å². The summed E-state index contributed by atoms with van der Waals surface area (Å²) >= 11 is 12.4. The largest absolute Gasteiger partial charge is 0.480 e. The molecular formula is C19H15Cl2N3O5. The number of carbonyl (C=O) groups is 2. The number of aryl methyl sites for hydroxylation is 1. The van der Waals surface area contributed by atoms with E-state index in [1.165, 1.54) is 30.0 Å². The van der Waals surface area contributed by atoms with E-state index in [0.29, 0.717) is 16.7 Å². The van der Waals surface area contributed by atoms with E-state index in [1.54, 1.807) is 25.2 Å². The Balaban J connectivity index is 1.89.